The fraction of sp³-hybridized carbons (Fsp3) is 0. The Hall–Kier alpha value is -7.82. The van der Waals surface area contributed by atoms with Gasteiger partial charge in [0.2, 0.25) is 0 Å². The molecule has 0 atom stereocenters. The van der Waals surface area contributed by atoms with Crippen LogP contribution in [0.1, 0.15) is 0 Å². The molecule has 0 spiro atoms. The third-order valence-corrected chi connectivity index (χ3v) is 11.6. The maximum Gasteiger partial charge on any atom is 0.143 e. The molecule has 0 unspecified atom stereocenters. The minimum atomic E-state index is 0.866. The van der Waals surface area contributed by atoms with Crippen LogP contribution in [0.3, 0.4) is 0 Å². The molecule has 0 aliphatic heterocycles. The quantitative estimate of drug-likeness (QED) is 0.170. The molecule has 12 aromatic rings. The van der Waals surface area contributed by atoms with E-state index in [2.05, 4.69) is 204 Å². The maximum absolute atomic E-state index is 6.76. The fourth-order valence-electron chi connectivity index (χ4n) is 9.15. The molecule has 0 N–H and O–H groups in total. The van der Waals surface area contributed by atoms with Crippen LogP contribution in [0.5, 0.6) is 0 Å². The van der Waals surface area contributed by atoms with Crippen LogP contribution in [0.25, 0.3) is 93.6 Å². The van der Waals surface area contributed by atoms with Crippen molar-refractivity contribution in [1.82, 2.24) is 4.57 Å². The van der Waals surface area contributed by atoms with E-state index in [0.717, 1.165) is 111 Å². The molecule has 272 valence electrons. The molecule has 0 radical (unpaired) electrons. The predicted molar refractivity (Wildman–Crippen MR) is 241 cm³/mol. The lowest BCUT2D eigenvalue weighted by Crippen LogP contribution is -2.10. The zero-order valence-electron chi connectivity index (χ0n) is 31.3. The molecular weight excluding hydrogens is 709 g/mol. The SMILES string of the molecule is c1ccc(N(c2ccccc2)c2cccc3c2c2ccccc2n3-c2c(-c3cccc4c3oc3ccccc34)cccc2-c2cccc3c2oc2ccccc23)cc1. The first-order chi connectivity index (χ1) is 28.8. The average molecular weight is 743 g/mol. The summed E-state index contributed by atoms with van der Waals surface area (Å²) in [4.78, 5) is 2.37. The van der Waals surface area contributed by atoms with Crippen LogP contribution in [0.4, 0.5) is 17.1 Å². The van der Waals surface area contributed by atoms with Crippen LogP contribution in [-0.4, -0.2) is 4.57 Å². The molecule has 9 aromatic carbocycles. The van der Waals surface area contributed by atoms with E-state index in [4.69, 9.17) is 8.83 Å². The number of aromatic nitrogens is 1. The molecule has 58 heavy (non-hydrogen) atoms. The Morgan fingerprint density at radius 2 is 0.759 bits per heavy atom. The third-order valence-electron chi connectivity index (χ3n) is 11.6. The summed E-state index contributed by atoms with van der Waals surface area (Å²) in [5.41, 5.74) is 14.2. The lowest BCUT2D eigenvalue weighted by molar-refractivity contribution is 0.670. The number of rotatable bonds is 6. The number of hydrogen-bond acceptors (Lipinski definition) is 3. The Bertz CT molecular complexity index is 3350. The Morgan fingerprint density at radius 1 is 0.328 bits per heavy atom. The third kappa shape index (κ3) is 4.82. The predicted octanol–water partition coefficient (Wildman–Crippen LogP) is 15.4. The van der Waals surface area contributed by atoms with Gasteiger partial charge in [0.05, 0.1) is 22.4 Å². The van der Waals surface area contributed by atoms with E-state index in [0.29, 0.717) is 0 Å². The van der Waals surface area contributed by atoms with E-state index in [1.165, 1.54) is 0 Å². The van der Waals surface area contributed by atoms with Crippen molar-refractivity contribution in [3.05, 3.63) is 206 Å². The van der Waals surface area contributed by atoms with E-state index in [-0.39, 0.29) is 0 Å². The van der Waals surface area contributed by atoms with Crippen molar-refractivity contribution < 1.29 is 8.83 Å². The number of anilines is 3. The van der Waals surface area contributed by atoms with Gasteiger partial charge in [-0.1, -0.05) is 152 Å². The summed E-state index contributed by atoms with van der Waals surface area (Å²) in [6.07, 6.45) is 0. The first kappa shape index (κ1) is 32.4. The number of hydrogen-bond donors (Lipinski definition) is 0. The highest BCUT2D eigenvalue weighted by molar-refractivity contribution is 6.19. The smallest absolute Gasteiger partial charge is 0.143 e. The fourth-order valence-corrected chi connectivity index (χ4v) is 9.15. The minimum Gasteiger partial charge on any atom is -0.455 e. The second-order valence-corrected chi connectivity index (χ2v) is 14.8. The lowest BCUT2D eigenvalue weighted by atomic mass is 9.93. The summed E-state index contributed by atoms with van der Waals surface area (Å²) >= 11 is 0. The molecule has 3 aromatic heterocycles. The number of benzene rings is 9. The van der Waals surface area contributed by atoms with Gasteiger partial charge < -0.3 is 18.3 Å². The Kier molecular flexibility index (Phi) is 7.20. The second kappa shape index (κ2) is 12.9. The van der Waals surface area contributed by atoms with Gasteiger partial charge in [0.1, 0.15) is 22.3 Å². The molecule has 0 bridgehead atoms. The van der Waals surface area contributed by atoms with E-state index in [9.17, 15) is 0 Å². The number of para-hydroxylation sites is 8. The van der Waals surface area contributed by atoms with Gasteiger partial charge >= 0.3 is 0 Å². The van der Waals surface area contributed by atoms with Crippen LogP contribution >= 0.6 is 0 Å². The average Bonchev–Trinajstić information content (AvgIpc) is 3.97. The highest BCUT2D eigenvalue weighted by atomic mass is 16.3. The maximum atomic E-state index is 6.76. The lowest BCUT2D eigenvalue weighted by Gasteiger charge is -2.26. The summed E-state index contributed by atoms with van der Waals surface area (Å²) in [6, 6.07) is 73.1. The van der Waals surface area contributed by atoms with Gasteiger partial charge in [0, 0.05) is 65.9 Å². The molecule has 0 fully saturated rings. The summed E-state index contributed by atoms with van der Waals surface area (Å²) in [5.74, 6) is 0. The molecule has 12 rings (SSSR count). The van der Waals surface area contributed by atoms with Gasteiger partial charge in [-0.2, -0.15) is 0 Å². The van der Waals surface area contributed by atoms with Crippen molar-refractivity contribution >= 4 is 82.7 Å². The van der Waals surface area contributed by atoms with Gasteiger partial charge in [-0.15, -0.1) is 0 Å². The Labute approximate surface area is 334 Å². The Morgan fingerprint density at radius 3 is 1.34 bits per heavy atom. The first-order valence-electron chi connectivity index (χ1n) is 19.7. The van der Waals surface area contributed by atoms with Crippen LogP contribution in [0.15, 0.2) is 215 Å². The van der Waals surface area contributed by atoms with Crippen LogP contribution in [0.2, 0.25) is 0 Å². The molecule has 4 heteroatoms. The minimum absolute atomic E-state index is 0.866. The van der Waals surface area contributed by atoms with Gasteiger partial charge in [-0.05, 0) is 54.6 Å². The topological polar surface area (TPSA) is 34.5 Å². The van der Waals surface area contributed by atoms with Gasteiger partial charge in [0.25, 0.3) is 0 Å². The Balaban J connectivity index is 1.23. The highest BCUT2D eigenvalue weighted by Crippen LogP contribution is 2.49. The molecule has 3 heterocycles. The normalized spacial score (nSPS) is 11.8. The van der Waals surface area contributed by atoms with E-state index in [1.807, 2.05) is 12.1 Å². The molecule has 0 amide bonds. The largest absolute Gasteiger partial charge is 0.455 e. The second-order valence-electron chi connectivity index (χ2n) is 14.8. The standard InChI is InChI=1S/C54H34N2O2/c1-3-17-35(18-4-1)55(36-19-5-2-6-20-36)47-31-16-32-48-51(47)45-23-7-10-30-46(45)56(48)52-39(43-28-14-26-41-37-21-8-11-33-49(37)57-53(41)43)24-13-25-40(52)44-29-15-27-42-38-22-9-12-34-50(38)58-54(42)44/h1-34H. The van der Waals surface area contributed by atoms with Crippen LogP contribution < -0.4 is 4.90 Å². The molecule has 0 saturated heterocycles. The summed E-state index contributed by atoms with van der Waals surface area (Å²) in [6.45, 7) is 0. The molecule has 4 nitrogen and oxygen atoms in total. The summed E-state index contributed by atoms with van der Waals surface area (Å²) in [7, 11) is 0. The number of fused-ring (bicyclic) bond motifs is 9. The zero-order chi connectivity index (χ0) is 38.2. The summed E-state index contributed by atoms with van der Waals surface area (Å²) in [5, 5.41) is 6.72. The van der Waals surface area contributed by atoms with Gasteiger partial charge in [-0.3, -0.25) is 0 Å². The molecular formula is C54H34N2O2. The highest BCUT2D eigenvalue weighted by Gasteiger charge is 2.26. The van der Waals surface area contributed by atoms with E-state index >= 15 is 0 Å². The van der Waals surface area contributed by atoms with Crippen molar-refractivity contribution in [2.45, 2.75) is 0 Å². The van der Waals surface area contributed by atoms with E-state index in [1.54, 1.807) is 0 Å². The van der Waals surface area contributed by atoms with Crippen molar-refractivity contribution in [3.63, 3.8) is 0 Å². The van der Waals surface area contributed by atoms with Gasteiger partial charge in [0.15, 0.2) is 0 Å². The van der Waals surface area contributed by atoms with Gasteiger partial charge in [-0.25, -0.2) is 0 Å². The van der Waals surface area contributed by atoms with E-state index < -0.39 is 0 Å². The monoisotopic (exact) mass is 742 g/mol. The van der Waals surface area contributed by atoms with Crippen molar-refractivity contribution in [2.24, 2.45) is 0 Å². The van der Waals surface area contributed by atoms with Crippen LogP contribution in [-0.2, 0) is 0 Å². The molecule has 0 aliphatic rings. The van der Waals surface area contributed by atoms with Crippen molar-refractivity contribution in [2.75, 3.05) is 4.90 Å². The first-order valence-corrected chi connectivity index (χ1v) is 19.7. The summed E-state index contributed by atoms with van der Waals surface area (Å²) < 4.78 is 16.0. The van der Waals surface area contributed by atoms with Crippen molar-refractivity contribution in [3.8, 4) is 27.9 Å². The van der Waals surface area contributed by atoms with Crippen molar-refractivity contribution in [1.29, 1.82) is 0 Å². The number of furan rings is 2. The number of nitrogens with zero attached hydrogens (tertiary/aromatic N) is 2. The molecule has 0 saturated carbocycles. The van der Waals surface area contributed by atoms with Crippen LogP contribution in [0, 0.1) is 0 Å². The molecule has 0 aliphatic carbocycles. The zero-order valence-corrected chi connectivity index (χ0v) is 31.3.